The summed E-state index contributed by atoms with van der Waals surface area (Å²) in [6, 6.07) is 0. The number of rotatable bonds is 3. The SMILES string of the molecule is C=C(C)C(=O)OC1(C)C(CC)CC(C)C2CCCCC21. The van der Waals surface area contributed by atoms with Crippen molar-refractivity contribution >= 4 is 5.97 Å². The molecule has 2 saturated carbocycles. The van der Waals surface area contributed by atoms with Gasteiger partial charge in [-0.1, -0.05) is 33.3 Å². The minimum Gasteiger partial charge on any atom is -0.455 e. The monoisotopic (exact) mass is 278 g/mol. The molecule has 0 N–H and O–H groups in total. The highest BCUT2D eigenvalue weighted by Crippen LogP contribution is 2.53. The zero-order chi connectivity index (χ0) is 14.9. The van der Waals surface area contributed by atoms with Gasteiger partial charge in [-0.25, -0.2) is 4.79 Å². The average molecular weight is 278 g/mol. The molecule has 0 amide bonds. The Hall–Kier alpha value is -0.790. The van der Waals surface area contributed by atoms with Crippen LogP contribution >= 0.6 is 0 Å². The summed E-state index contributed by atoms with van der Waals surface area (Å²) in [5.41, 5.74) is 0.231. The molecule has 2 aliphatic rings. The van der Waals surface area contributed by atoms with E-state index in [9.17, 15) is 4.79 Å². The summed E-state index contributed by atoms with van der Waals surface area (Å²) in [6.07, 6.45) is 7.43. The minimum absolute atomic E-state index is 0.204. The zero-order valence-electron chi connectivity index (χ0n) is 13.6. The molecule has 5 atom stereocenters. The second-order valence-corrected chi connectivity index (χ2v) is 7.23. The third-order valence-electron chi connectivity index (χ3n) is 5.91. The topological polar surface area (TPSA) is 26.3 Å². The van der Waals surface area contributed by atoms with E-state index in [1.54, 1.807) is 6.92 Å². The highest BCUT2D eigenvalue weighted by atomic mass is 16.6. The van der Waals surface area contributed by atoms with Crippen LogP contribution in [0.1, 0.15) is 66.2 Å². The first-order valence-corrected chi connectivity index (χ1v) is 8.29. The van der Waals surface area contributed by atoms with E-state index in [1.807, 2.05) is 0 Å². The number of esters is 1. The van der Waals surface area contributed by atoms with Gasteiger partial charge in [0.25, 0.3) is 0 Å². The first-order chi connectivity index (χ1) is 9.40. The molecule has 5 unspecified atom stereocenters. The predicted octanol–water partition coefficient (Wildman–Crippen LogP) is 4.74. The molecule has 2 fully saturated rings. The first kappa shape index (κ1) is 15.6. The lowest BCUT2D eigenvalue weighted by Crippen LogP contribution is -2.55. The normalized spacial score (nSPS) is 40.8. The summed E-state index contributed by atoms with van der Waals surface area (Å²) >= 11 is 0. The van der Waals surface area contributed by atoms with Crippen molar-refractivity contribution in [2.75, 3.05) is 0 Å². The summed E-state index contributed by atoms with van der Waals surface area (Å²) in [5.74, 6) is 2.31. The second kappa shape index (κ2) is 5.91. The van der Waals surface area contributed by atoms with Crippen LogP contribution < -0.4 is 0 Å². The van der Waals surface area contributed by atoms with Crippen molar-refractivity contribution in [3.05, 3.63) is 12.2 Å². The molecule has 0 aliphatic heterocycles. The van der Waals surface area contributed by atoms with E-state index in [0.717, 1.165) is 18.3 Å². The van der Waals surface area contributed by atoms with Crippen LogP contribution in [0.3, 0.4) is 0 Å². The number of hydrogen-bond donors (Lipinski definition) is 0. The highest BCUT2D eigenvalue weighted by molar-refractivity contribution is 5.87. The number of hydrogen-bond acceptors (Lipinski definition) is 2. The fourth-order valence-electron chi connectivity index (χ4n) is 4.73. The van der Waals surface area contributed by atoms with Crippen LogP contribution in [-0.2, 0) is 9.53 Å². The summed E-state index contributed by atoms with van der Waals surface area (Å²) in [7, 11) is 0. The van der Waals surface area contributed by atoms with E-state index in [-0.39, 0.29) is 11.6 Å². The van der Waals surface area contributed by atoms with Gasteiger partial charge in [0, 0.05) is 11.5 Å². The van der Waals surface area contributed by atoms with Gasteiger partial charge in [-0.05, 0) is 57.3 Å². The fraction of sp³-hybridized carbons (Fsp3) is 0.833. The lowest BCUT2D eigenvalue weighted by atomic mass is 9.55. The summed E-state index contributed by atoms with van der Waals surface area (Å²) in [5, 5.41) is 0. The van der Waals surface area contributed by atoms with Crippen molar-refractivity contribution in [1.29, 1.82) is 0 Å². The molecule has 0 spiro atoms. The number of carbonyl (C=O) groups excluding carboxylic acids is 1. The Morgan fingerprint density at radius 3 is 2.60 bits per heavy atom. The summed E-state index contributed by atoms with van der Waals surface area (Å²) < 4.78 is 6.02. The van der Waals surface area contributed by atoms with E-state index in [1.165, 1.54) is 32.1 Å². The van der Waals surface area contributed by atoms with Crippen LogP contribution in [0, 0.1) is 23.7 Å². The quantitative estimate of drug-likeness (QED) is 0.550. The lowest BCUT2D eigenvalue weighted by Gasteiger charge is -2.54. The van der Waals surface area contributed by atoms with Crippen LogP contribution in [0.25, 0.3) is 0 Å². The van der Waals surface area contributed by atoms with Gasteiger partial charge in [-0.2, -0.15) is 0 Å². The molecule has 114 valence electrons. The van der Waals surface area contributed by atoms with Crippen LogP contribution in [0.2, 0.25) is 0 Å². The largest absolute Gasteiger partial charge is 0.455 e. The molecule has 0 radical (unpaired) electrons. The van der Waals surface area contributed by atoms with Gasteiger partial charge in [0.05, 0.1) is 0 Å². The molecule has 2 nitrogen and oxygen atoms in total. The van der Waals surface area contributed by atoms with E-state index < -0.39 is 0 Å². The van der Waals surface area contributed by atoms with Gasteiger partial charge < -0.3 is 4.74 Å². The second-order valence-electron chi connectivity index (χ2n) is 7.23. The molecule has 0 aromatic carbocycles. The predicted molar refractivity (Wildman–Crippen MR) is 82.3 cm³/mol. The molecule has 0 aromatic rings. The molecule has 2 heteroatoms. The minimum atomic E-state index is -0.289. The van der Waals surface area contributed by atoms with E-state index in [2.05, 4.69) is 27.4 Å². The maximum absolute atomic E-state index is 12.1. The van der Waals surface area contributed by atoms with Gasteiger partial charge in [0.2, 0.25) is 0 Å². The smallest absolute Gasteiger partial charge is 0.333 e. The van der Waals surface area contributed by atoms with Gasteiger partial charge in [-0.15, -0.1) is 0 Å². The third kappa shape index (κ3) is 2.66. The van der Waals surface area contributed by atoms with E-state index >= 15 is 0 Å². The van der Waals surface area contributed by atoms with Crippen molar-refractivity contribution in [3.63, 3.8) is 0 Å². The van der Waals surface area contributed by atoms with Crippen molar-refractivity contribution in [3.8, 4) is 0 Å². The van der Waals surface area contributed by atoms with Crippen molar-refractivity contribution in [1.82, 2.24) is 0 Å². The Labute approximate surface area is 124 Å². The molecule has 20 heavy (non-hydrogen) atoms. The Bertz CT molecular complexity index is 387. The summed E-state index contributed by atoms with van der Waals surface area (Å²) in [4.78, 5) is 12.1. The standard InChI is InChI=1S/C18H30O2/c1-6-14-11-13(4)15-9-7-8-10-16(15)18(14,5)20-17(19)12(2)3/h13-16H,2,6-11H2,1,3-5H3. The van der Waals surface area contributed by atoms with Crippen LogP contribution in [0.4, 0.5) is 0 Å². The van der Waals surface area contributed by atoms with E-state index in [4.69, 9.17) is 4.74 Å². The zero-order valence-corrected chi connectivity index (χ0v) is 13.6. The van der Waals surface area contributed by atoms with Crippen molar-refractivity contribution in [2.45, 2.75) is 71.8 Å². The van der Waals surface area contributed by atoms with Crippen molar-refractivity contribution in [2.24, 2.45) is 23.7 Å². The Balaban J connectivity index is 2.28. The molecule has 0 saturated heterocycles. The van der Waals surface area contributed by atoms with Gasteiger partial charge in [-0.3, -0.25) is 0 Å². The number of fused-ring (bicyclic) bond motifs is 1. The number of ether oxygens (including phenoxy) is 1. The molecular weight excluding hydrogens is 248 g/mol. The molecule has 2 rings (SSSR count). The summed E-state index contributed by atoms with van der Waals surface area (Å²) in [6.45, 7) is 12.3. The van der Waals surface area contributed by atoms with E-state index in [0.29, 0.717) is 17.4 Å². The molecule has 0 aromatic heterocycles. The van der Waals surface area contributed by atoms with Crippen molar-refractivity contribution < 1.29 is 9.53 Å². The van der Waals surface area contributed by atoms with Gasteiger partial charge in [0.1, 0.15) is 5.60 Å². The van der Waals surface area contributed by atoms with Gasteiger partial charge >= 0.3 is 5.97 Å². The first-order valence-electron chi connectivity index (χ1n) is 8.29. The Morgan fingerprint density at radius 2 is 2.00 bits per heavy atom. The highest BCUT2D eigenvalue weighted by Gasteiger charge is 2.53. The Kier molecular flexibility index (Phi) is 4.61. The lowest BCUT2D eigenvalue weighted by molar-refractivity contribution is -0.187. The average Bonchev–Trinajstić information content (AvgIpc) is 2.43. The maximum Gasteiger partial charge on any atom is 0.333 e. The molecule has 0 bridgehead atoms. The molecule has 2 aliphatic carbocycles. The van der Waals surface area contributed by atoms with Gasteiger partial charge in [0.15, 0.2) is 0 Å². The fourth-order valence-corrected chi connectivity index (χ4v) is 4.73. The Morgan fingerprint density at radius 1 is 1.35 bits per heavy atom. The maximum atomic E-state index is 12.1. The van der Waals surface area contributed by atoms with Crippen LogP contribution in [-0.4, -0.2) is 11.6 Å². The number of carbonyl (C=O) groups is 1. The van der Waals surface area contributed by atoms with Crippen LogP contribution in [0.15, 0.2) is 12.2 Å². The third-order valence-corrected chi connectivity index (χ3v) is 5.91. The molecular formula is C18H30O2. The molecule has 0 heterocycles. The van der Waals surface area contributed by atoms with Crippen LogP contribution in [0.5, 0.6) is 0 Å².